The molecule has 0 N–H and O–H groups in total. The molecule has 0 aliphatic carbocycles. The standard InChI is InChI=1S/C15H36OSi2/c1-9-12-14-17(5,6)15(4,11-3)16-18(7,8)13-10-2/h9-14H2,1-8H3/t15-/m0/s1. The van der Waals surface area contributed by atoms with E-state index in [-0.39, 0.29) is 5.22 Å². The Balaban J connectivity index is 4.88. The van der Waals surface area contributed by atoms with E-state index in [1.807, 2.05) is 0 Å². The average molecular weight is 289 g/mol. The average Bonchev–Trinajstić information content (AvgIpc) is 2.25. The highest BCUT2D eigenvalue weighted by atomic mass is 28.4. The van der Waals surface area contributed by atoms with Gasteiger partial charge in [-0.15, -0.1) is 0 Å². The van der Waals surface area contributed by atoms with Crippen molar-refractivity contribution in [2.24, 2.45) is 0 Å². The minimum atomic E-state index is -1.47. The van der Waals surface area contributed by atoms with Gasteiger partial charge in [-0.05, 0) is 32.5 Å². The number of hydrogen-bond acceptors (Lipinski definition) is 1. The van der Waals surface area contributed by atoms with Gasteiger partial charge in [-0.3, -0.25) is 0 Å². The second-order valence-corrected chi connectivity index (χ2v) is 16.7. The number of rotatable bonds is 9. The predicted molar refractivity (Wildman–Crippen MR) is 89.6 cm³/mol. The SMILES string of the molecule is CCCC[Si](C)(C)[C@@](C)(CC)O[Si](C)(C)CCC. The molecule has 0 saturated carbocycles. The quantitative estimate of drug-likeness (QED) is 0.485. The van der Waals surface area contributed by atoms with Crippen molar-refractivity contribution in [1.82, 2.24) is 0 Å². The van der Waals surface area contributed by atoms with E-state index in [4.69, 9.17) is 4.43 Å². The van der Waals surface area contributed by atoms with Crippen LogP contribution >= 0.6 is 0 Å². The Bertz CT molecular complexity index is 239. The summed E-state index contributed by atoms with van der Waals surface area (Å²) in [7, 11) is -2.78. The molecule has 3 heteroatoms. The Labute approximate surface area is 118 Å². The van der Waals surface area contributed by atoms with E-state index in [1.54, 1.807) is 0 Å². The van der Waals surface area contributed by atoms with Crippen LogP contribution in [0, 0.1) is 0 Å². The first-order valence-electron chi connectivity index (χ1n) is 7.84. The van der Waals surface area contributed by atoms with Crippen molar-refractivity contribution in [3.8, 4) is 0 Å². The van der Waals surface area contributed by atoms with Gasteiger partial charge in [0, 0.05) is 5.22 Å². The van der Waals surface area contributed by atoms with Gasteiger partial charge in [0.1, 0.15) is 0 Å². The molecule has 0 bridgehead atoms. The number of hydrogen-bond donors (Lipinski definition) is 0. The van der Waals surface area contributed by atoms with Crippen molar-refractivity contribution in [3.63, 3.8) is 0 Å². The molecule has 0 rings (SSSR count). The molecule has 1 nitrogen and oxygen atoms in total. The van der Waals surface area contributed by atoms with E-state index in [0.717, 1.165) is 0 Å². The molecule has 0 aliphatic rings. The molecule has 110 valence electrons. The lowest BCUT2D eigenvalue weighted by Crippen LogP contribution is -2.58. The van der Waals surface area contributed by atoms with Gasteiger partial charge in [0.05, 0.1) is 8.07 Å². The van der Waals surface area contributed by atoms with Crippen molar-refractivity contribution >= 4 is 16.4 Å². The predicted octanol–water partition coefficient (Wildman–Crippen LogP) is 5.83. The second-order valence-electron chi connectivity index (χ2n) is 7.18. The van der Waals surface area contributed by atoms with Gasteiger partial charge in [-0.2, -0.15) is 0 Å². The van der Waals surface area contributed by atoms with Gasteiger partial charge in [-0.25, -0.2) is 0 Å². The second kappa shape index (κ2) is 7.25. The van der Waals surface area contributed by atoms with Crippen LogP contribution in [0.2, 0.25) is 38.3 Å². The Morgan fingerprint density at radius 3 is 1.83 bits per heavy atom. The van der Waals surface area contributed by atoms with Gasteiger partial charge in [0.15, 0.2) is 8.32 Å². The van der Waals surface area contributed by atoms with Crippen LogP contribution in [-0.4, -0.2) is 21.6 Å². The molecule has 0 spiro atoms. The fourth-order valence-electron chi connectivity index (χ4n) is 2.83. The van der Waals surface area contributed by atoms with Crippen molar-refractivity contribution in [2.75, 3.05) is 0 Å². The van der Waals surface area contributed by atoms with Gasteiger partial charge < -0.3 is 4.43 Å². The summed E-state index contributed by atoms with van der Waals surface area (Å²) in [5.74, 6) is 0. The molecule has 0 aliphatic heterocycles. The summed E-state index contributed by atoms with van der Waals surface area (Å²) in [6.45, 7) is 19.1. The fourth-order valence-corrected chi connectivity index (χ4v) is 10.2. The third-order valence-electron chi connectivity index (χ3n) is 4.62. The van der Waals surface area contributed by atoms with Gasteiger partial charge in [0.25, 0.3) is 0 Å². The first-order chi connectivity index (χ1) is 8.14. The van der Waals surface area contributed by atoms with Gasteiger partial charge >= 0.3 is 0 Å². The van der Waals surface area contributed by atoms with E-state index >= 15 is 0 Å². The van der Waals surface area contributed by atoms with Crippen LogP contribution in [0.3, 0.4) is 0 Å². The molecule has 0 aromatic rings. The van der Waals surface area contributed by atoms with Crippen LogP contribution in [0.4, 0.5) is 0 Å². The Morgan fingerprint density at radius 1 is 0.889 bits per heavy atom. The highest BCUT2D eigenvalue weighted by Crippen LogP contribution is 2.36. The lowest BCUT2D eigenvalue weighted by Gasteiger charge is -2.47. The van der Waals surface area contributed by atoms with E-state index in [2.05, 4.69) is 53.9 Å². The van der Waals surface area contributed by atoms with Crippen LogP contribution in [0.15, 0.2) is 0 Å². The molecule has 1 atom stereocenters. The normalized spacial score (nSPS) is 16.7. The van der Waals surface area contributed by atoms with Crippen LogP contribution in [-0.2, 0) is 4.43 Å². The summed E-state index contributed by atoms with van der Waals surface area (Å²) >= 11 is 0. The molecular formula is C15H36OSi2. The summed E-state index contributed by atoms with van der Waals surface area (Å²) in [5.41, 5.74) is 0. The largest absolute Gasteiger partial charge is 0.415 e. The minimum absolute atomic E-state index is 0.174. The summed E-state index contributed by atoms with van der Waals surface area (Å²) in [5, 5.41) is 0.174. The highest BCUT2D eigenvalue weighted by molar-refractivity contribution is 6.81. The van der Waals surface area contributed by atoms with Crippen LogP contribution in [0.5, 0.6) is 0 Å². The topological polar surface area (TPSA) is 9.23 Å². The molecule has 0 heterocycles. The molecule has 0 saturated heterocycles. The highest BCUT2D eigenvalue weighted by Gasteiger charge is 2.45. The molecule has 0 aromatic heterocycles. The minimum Gasteiger partial charge on any atom is -0.415 e. The maximum atomic E-state index is 6.78. The van der Waals surface area contributed by atoms with Crippen molar-refractivity contribution < 1.29 is 4.43 Å². The van der Waals surface area contributed by atoms with Crippen LogP contribution in [0.25, 0.3) is 0 Å². The van der Waals surface area contributed by atoms with Crippen molar-refractivity contribution in [2.45, 2.75) is 96.9 Å². The lowest BCUT2D eigenvalue weighted by atomic mass is 10.3. The molecule has 0 unspecified atom stereocenters. The molecule has 0 aromatic carbocycles. The zero-order valence-corrected chi connectivity index (χ0v) is 16.2. The third kappa shape index (κ3) is 5.18. The van der Waals surface area contributed by atoms with Gasteiger partial charge in [-0.1, -0.05) is 59.2 Å². The molecule has 0 radical (unpaired) electrons. The molecule has 0 fully saturated rings. The fraction of sp³-hybridized carbons (Fsp3) is 1.00. The van der Waals surface area contributed by atoms with E-state index in [0.29, 0.717) is 0 Å². The van der Waals surface area contributed by atoms with Crippen LogP contribution < -0.4 is 0 Å². The summed E-state index contributed by atoms with van der Waals surface area (Å²) in [6, 6.07) is 2.70. The molecular weight excluding hydrogens is 252 g/mol. The van der Waals surface area contributed by atoms with Crippen LogP contribution in [0.1, 0.15) is 53.4 Å². The summed E-state index contributed by atoms with van der Waals surface area (Å²) in [4.78, 5) is 0. The molecule has 0 amide bonds. The van der Waals surface area contributed by atoms with E-state index in [9.17, 15) is 0 Å². The Hall–Kier alpha value is 0.394. The lowest BCUT2D eigenvalue weighted by molar-refractivity contribution is 0.147. The Kier molecular flexibility index (Phi) is 7.41. The zero-order chi connectivity index (χ0) is 14.4. The maximum absolute atomic E-state index is 6.78. The zero-order valence-electron chi connectivity index (χ0n) is 14.2. The monoisotopic (exact) mass is 288 g/mol. The van der Waals surface area contributed by atoms with Crippen molar-refractivity contribution in [3.05, 3.63) is 0 Å². The smallest absolute Gasteiger partial charge is 0.187 e. The number of unbranched alkanes of at least 4 members (excludes halogenated alkanes) is 1. The first-order valence-corrected chi connectivity index (χ1v) is 14.2. The Morgan fingerprint density at radius 2 is 1.44 bits per heavy atom. The maximum Gasteiger partial charge on any atom is 0.187 e. The van der Waals surface area contributed by atoms with E-state index < -0.39 is 16.4 Å². The van der Waals surface area contributed by atoms with Crippen molar-refractivity contribution in [1.29, 1.82) is 0 Å². The van der Waals surface area contributed by atoms with Gasteiger partial charge in [0.2, 0.25) is 0 Å². The first kappa shape index (κ1) is 18.4. The summed E-state index contributed by atoms with van der Waals surface area (Å²) in [6.07, 6.45) is 5.12. The molecule has 18 heavy (non-hydrogen) atoms. The van der Waals surface area contributed by atoms with E-state index in [1.165, 1.54) is 37.8 Å². The third-order valence-corrected chi connectivity index (χ3v) is 12.4. The summed E-state index contributed by atoms with van der Waals surface area (Å²) < 4.78 is 6.78.